The van der Waals surface area contributed by atoms with Gasteiger partial charge in [-0.2, -0.15) is 5.10 Å². The number of hydrogen-bond acceptors (Lipinski definition) is 2. The molecule has 1 N–H and O–H groups in total. The van der Waals surface area contributed by atoms with E-state index >= 15 is 0 Å². The average Bonchev–Trinajstić information content (AvgIpc) is 2.45. The monoisotopic (exact) mass is 165 g/mol. The van der Waals surface area contributed by atoms with Gasteiger partial charge in [0.15, 0.2) is 0 Å². The molecule has 0 spiro atoms. The number of unbranched alkanes of at least 4 members (excludes halogenated alkanes) is 1. The topological polar surface area (TPSA) is 29.9 Å². The highest BCUT2D eigenvalue weighted by Crippen LogP contribution is 2.00. The second-order valence-corrected chi connectivity index (χ2v) is 2.73. The minimum atomic E-state index is 0.946. The van der Waals surface area contributed by atoms with Crippen molar-refractivity contribution in [3.8, 4) is 0 Å². The highest BCUT2D eigenvalue weighted by atomic mass is 15.3. The minimum Gasteiger partial charge on any atom is -0.369 e. The van der Waals surface area contributed by atoms with E-state index in [1.807, 2.05) is 25.4 Å². The van der Waals surface area contributed by atoms with E-state index in [4.69, 9.17) is 0 Å². The standard InChI is InChI=1S/C9H15N3/c1-3-4-5-7-10-9-6-8-12(2)11-9/h3,6,8H,1,4-5,7H2,2H3,(H,10,11). The summed E-state index contributed by atoms with van der Waals surface area (Å²) in [6, 6.07) is 1.97. The van der Waals surface area contributed by atoms with Gasteiger partial charge >= 0.3 is 0 Å². The largest absolute Gasteiger partial charge is 0.369 e. The predicted octanol–water partition coefficient (Wildman–Crippen LogP) is 1.80. The van der Waals surface area contributed by atoms with Crippen molar-refractivity contribution in [2.24, 2.45) is 7.05 Å². The van der Waals surface area contributed by atoms with Gasteiger partial charge in [-0.1, -0.05) is 6.08 Å². The summed E-state index contributed by atoms with van der Waals surface area (Å²) in [5.74, 6) is 0.946. The SMILES string of the molecule is C=CCCCNc1ccn(C)n1. The predicted molar refractivity (Wildman–Crippen MR) is 51.1 cm³/mol. The van der Waals surface area contributed by atoms with Crippen LogP contribution in [0, 0.1) is 0 Å². The molecule has 66 valence electrons. The van der Waals surface area contributed by atoms with Gasteiger partial charge in [-0.3, -0.25) is 4.68 Å². The Hall–Kier alpha value is -1.25. The van der Waals surface area contributed by atoms with Crippen LogP contribution in [-0.2, 0) is 7.05 Å². The molecule has 1 heterocycles. The normalized spacial score (nSPS) is 9.75. The van der Waals surface area contributed by atoms with E-state index in [0.717, 1.165) is 25.2 Å². The van der Waals surface area contributed by atoms with Crippen LogP contribution in [-0.4, -0.2) is 16.3 Å². The maximum Gasteiger partial charge on any atom is 0.147 e. The molecule has 0 fully saturated rings. The van der Waals surface area contributed by atoms with Gasteiger partial charge in [-0.05, 0) is 12.8 Å². The van der Waals surface area contributed by atoms with Crippen LogP contribution < -0.4 is 5.32 Å². The second kappa shape index (κ2) is 4.59. The number of aryl methyl sites for hydroxylation is 1. The number of nitrogens with one attached hydrogen (secondary N) is 1. The zero-order valence-corrected chi connectivity index (χ0v) is 7.45. The van der Waals surface area contributed by atoms with Crippen molar-refractivity contribution in [1.29, 1.82) is 0 Å². The van der Waals surface area contributed by atoms with Crippen molar-refractivity contribution in [1.82, 2.24) is 9.78 Å². The third-order valence-electron chi connectivity index (χ3n) is 1.60. The summed E-state index contributed by atoms with van der Waals surface area (Å²) in [6.07, 6.45) is 6.02. The zero-order valence-electron chi connectivity index (χ0n) is 7.45. The zero-order chi connectivity index (χ0) is 8.81. The van der Waals surface area contributed by atoms with Crippen LogP contribution in [0.1, 0.15) is 12.8 Å². The Morgan fingerprint density at radius 3 is 3.17 bits per heavy atom. The van der Waals surface area contributed by atoms with Crippen molar-refractivity contribution >= 4 is 5.82 Å². The summed E-state index contributed by atoms with van der Waals surface area (Å²) in [7, 11) is 1.91. The molecule has 12 heavy (non-hydrogen) atoms. The molecule has 0 aromatic carbocycles. The number of nitrogens with zero attached hydrogens (tertiary/aromatic N) is 2. The number of allylic oxidation sites excluding steroid dienone is 1. The lowest BCUT2D eigenvalue weighted by Gasteiger charge is -1.99. The molecule has 0 atom stereocenters. The molecule has 1 rings (SSSR count). The van der Waals surface area contributed by atoms with Gasteiger partial charge in [0.25, 0.3) is 0 Å². The Morgan fingerprint density at radius 2 is 2.58 bits per heavy atom. The van der Waals surface area contributed by atoms with Gasteiger partial charge in [0.1, 0.15) is 5.82 Å². The molecule has 3 heteroatoms. The third kappa shape index (κ3) is 2.78. The smallest absolute Gasteiger partial charge is 0.147 e. The summed E-state index contributed by atoms with van der Waals surface area (Å²) in [5.41, 5.74) is 0. The van der Waals surface area contributed by atoms with Crippen molar-refractivity contribution in [3.63, 3.8) is 0 Å². The Balaban J connectivity index is 2.19. The number of aromatic nitrogens is 2. The maximum atomic E-state index is 4.19. The second-order valence-electron chi connectivity index (χ2n) is 2.73. The van der Waals surface area contributed by atoms with E-state index in [2.05, 4.69) is 17.0 Å². The quantitative estimate of drug-likeness (QED) is 0.532. The Kier molecular flexibility index (Phi) is 3.38. The molecule has 0 radical (unpaired) electrons. The fraction of sp³-hybridized carbons (Fsp3) is 0.444. The highest BCUT2D eigenvalue weighted by Gasteiger charge is 1.92. The number of anilines is 1. The van der Waals surface area contributed by atoms with Crippen molar-refractivity contribution in [2.75, 3.05) is 11.9 Å². The molecule has 1 aromatic rings. The van der Waals surface area contributed by atoms with Crippen LogP contribution in [0.25, 0.3) is 0 Å². The van der Waals surface area contributed by atoms with E-state index in [0.29, 0.717) is 0 Å². The molecule has 0 amide bonds. The van der Waals surface area contributed by atoms with Gasteiger partial charge in [0.2, 0.25) is 0 Å². The van der Waals surface area contributed by atoms with Gasteiger partial charge < -0.3 is 5.32 Å². The third-order valence-corrected chi connectivity index (χ3v) is 1.60. The van der Waals surface area contributed by atoms with Gasteiger partial charge in [0, 0.05) is 25.9 Å². The first-order chi connectivity index (χ1) is 5.83. The van der Waals surface area contributed by atoms with Crippen LogP contribution in [0.4, 0.5) is 5.82 Å². The van der Waals surface area contributed by atoms with E-state index in [1.54, 1.807) is 4.68 Å². The molecule has 0 saturated carbocycles. The molecule has 0 unspecified atom stereocenters. The van der Waals surface area contributed by atoms with E-state index in [1.165, 1.54) is 0 Å². The van der Waals surface area contributed by atoms with Gasteiger partial charge in [-0.25, -0.2) is 0 Å². The molecular formula is C9H15N3. The Labute approximate surface area is 73.1 Å². The molecule has 3 nitrogen and oxygen atoms in total. The molecule has 1 aromatic heterocycles. The van der Waals surface area contributed by atoms with Crippen molar-refractivity contribution in [3.05, 3.63) is 24.9 Å². The molecule has 0 aliphatic carbocycles. The van der Waals surface area contributed by atoms with Crippen LogP contribution in [0.15, 0.2) is 24.9 Å². The first-order valence-electron chi connectivity index (χ1n) is 4.17. The summed E-state index contributed by atoms with van der Waals surface area (Å²) >= 11 is 0. The number of hydrogen-bond donors (Lipinski definition) is 1. The van der Waals surface area contributed by atoms with Gasteiger partial charge in [-0.15, -0.1) is 6.58 Å². The molecule has 0 aliphatic heterocycles. The fourth-order valence-electron chi connectivity index (χ4n) is 0.972. The summed E-state index contributed by atoms with van der Waals surface area (Å²) in [6.45, 7) is 4.62. The molecule has 0 saturated heterocycles. The summed E-state index contributed by atoms with van der Waals surface area (Å²) < 4.78 is 1.79. The first kappa shape index (κ1) is 8.84. The molecule has 0 bridgehead atoms. The van der Waals surface area contributed by atoms with Crippen molar-refractivity contribution in [2.45, 2.75) is 12.8 Å². The van der Waals surface area contributed by atoms with E-state index in [9.17, 15) is 0 Å². The van der Waals surface area contributed by atoms with E-state index in [-0.39, 0.29) is 0 Å². The Bertz CT molecular complexity index is 240. The lowest BCUT2D eigenvalue weighted by atomic mass is 10.3. The molecular weight excluding hydrogens is 150 g/mol. The van der Waals surface area contributed by atoms with Gasteiger partial charge in [0.05, 0.1) is 0 Å². The van der Waals surface area contributed by atoms with Crippen LogP contribution in [0.5, 0.6) is 0 Å². The van der Waals surface area contributed by atoms with E-state index < -0.39 is 0 Å². The average molecular weight is 165 g/mol. The minimum absolute atomic E-state index is 0.946. The van der Waals surface area contributed by atoms with Crippen LogP contribution >= 0.6 is 0 Å². The van der Waals surface area contributed by atoms with Crippen LogP contribution in [0.3, 0.4) is 0 Å². The maximum absolute atomic E-state index is 4.19. The first-order valence-corrected chi connectivity index (χ1v) is 4.17. The molecule has 0 aliphatic rings. The van der Waals surface area contributed by atoms with Crippen LogP contribution in [0.2, 0.25) is 0 Å². The number of rotatable bonds is 5. The fourth-order valence-corrected chi connectivity index (χ4v) is 0.972. The summed E-state index contributed by atoms with van der Waals surface area (Å²) in [5, 5.41) is 7.41. The van der Waals surface area contributed by atoms with Crippen molar-refractivity contribution < 1.29 is 0 Å². The lowest BCUT2D eigenvalue weighted by Crippen LogP contribution is -2.01. The Morgan fingerprint density at radius 1 is 1.75 bits per heavy atom. The highest BCUT2D eigenvalue weighted by molar-refractivity contribution is 5.31. The summed E-state index contributed by atoms with van der Waals surface area (Å²) in [4.78, 5) is 0. The lowest BCUT2D eigenvalue weighted by molar-refractivity contribution is 0.765.